The SMILES string of the molecule is CC1(CO)CC1.C[C@H](NC(=O)OC(C)(C)C)C(=O)O.C[C@H](NC(=O)OC(C)(C)C)C(=O)OCC1(C)CC1. The number of rotatable bonds is 7. The Hall–Kier alpha value is -2.56. The highest BCUT2D eigenvalue weighted by Crippen LogP contribution is 2.45. The molecule has 0 aromatic carbocycles. The number of aliphatic hydroxyl groups is 1. The molecule has 0 spiro atoms. The second-order valence-corrected chi connectivity index (χ2v) is 12.5. The van der Waals surface area contributed by atoms with Gasteiger partial charge in [-0.2, -0.15) is 0 Å². The van der Waals surface area contributed by atoms with Crippen molar-refractivity contribution >= 4 is 24.1 Å². The molecule has 0 saturated heterocycles. The summed E-state index contributed by atoms with van der Waals surface area (Å²) in [6.45, 7) is 18.4. The van der Waals surface area contributed by atoms with Crippen LogP contribution < -0.4 is 10.6 Å². The van der Waals surface area contributed by atoms with Gasteiger partial charge in [-0.15, -0.1) is 0 Å². The largest absolute Gasteiger partial charge is 0.480 e. The van der Waals surface area contributed by atoms with Crippen molar-refractivity contribution in [3.05, 3.63) is 0 Å². The van der Waals surface area contributed by atoms with E-state index in [0.29, 0.717) is 18.6 Å². The number of alkyl carbamates (subject to hydrolysis) is 2. The molecule has 2 aliphatic rings. The lowest BCUT2D eigenvalue weighted by molar-refractivity contribution is -0.147. The summed E-state index contributed by atoms with van der Waals surface area (Å²) < 4.78 is 15.1. The molecule has 2 rings (SSSR count). The van der Waals surface area contributed by atoms with Crippen molar-refractivity contribution < 1.29 is 43.6 Å². The summed E-state index contributed by atoms with van der Waals surface area (Å²) >= 11 is 0. The second-order valence-electron chi connectivity index (χ2n) is 12.5. The molecule has 216 valence electrons. The van der Waals surface area contributed by atoms with E-state index in [1.807, 2.05) is 0 Å². The van der Waals surface area contributed by atoms with Crippen LogP contribution in [0.3, 0.4) is 0 Å². The van der Waals surface area contributed by atoms with Gasteiger partial charge < -0.3 is 35.1 Å². The molecule has 11 heteroatoms. The van der Waals surface area contributed by atoms with E-state index in [-0.39, 0.29) is 5.41 Å². The fraction of sp³-hybridized carbons (Fsp3) is 0.846. The summed E-state index contributed by atoms with van der Waals surface area (Å²) in [7, 11) is 0. The van der Waals surface area contributed by atoms with Crippen LogP contribution >= 0.6 is 0 Å². The summed E-state index contributed by atoms with van der Waals surface area (Å²) in [6, 6.07) is -1.63. The van der Waals surface area contributed by atoms with Crippen molar-refractivity contribution in [2.24, 2.45) is 10.8 Å². The van der Waals surface area contributed by atoms with Crippen molar-refractivity contribution in [3.8, 4) is 0 Å². The number of nitrogens with one attached hydrogen (secondary N) is 2. The lowest BCUT2D eigenvalue weighted by atomic mass is 10.2. The Morgan fingerprint density at radius 1 is 0.784 bits per heavy atom. The van der Waals surface area contributed by atoms with Gasteiger partial charge in [0.1, 0.15) is 23.3 Å². The third-order valence-corrected chi connectivity index (χ3v) is 5.34. The Balaban J connectivity index is 0.000000591. The summed E-state index contributed by atoms with van der Waals surface area (Å²) in [4.78, 5) is 44.4. The number of aliphatic carboxylic acids is 1. The lowest BCUT2D eigenvalue weighted by Gasteiger charge is -2.21. The van der Waals surface area contributed by atoms with E-state index in [0.717, 1.165) is 12.8 Å². The number of hydrogen-bond donors (Lipinski definition) is 4. The van der Waals surface area contributed by atoms with Gasteiger partial charge in [-0.05, 0) is 86.5 Å². The van der Waals surface area contributed by atoms with Gasteiger partial charge in [0.2, 0.25) is 0 Å². The third-order valence-electron chi connectivity index (χ3n) is 5.34. The number of carboxylic acids is 1. The molecule has 2 saturated carbocycles. The van der Waals surface area contributed by atoms with Crippen LogP contribution in [-0.4, -0.2) is 70.8 Å². The van der Waals surface area contributed by atoms with Gasteiger partial charge in [-0.1, -0.05) is 13.8 Å². The smallest absolute Gasteiger partial charge is 0.408 e. The average molecular weight is 533 g/mol. The van der Waals surface area contributed by atoms with E-state index in [1.165, 1.54) is 19.8 Å². The minimum atomic E-state index is -1.09. The zero-order valence-electron chi connectivity index (χ0n) is 24.1. The van der Waals surface area contributed by atoms with E-state index < -0.39 is 47.4 Å². The van der Waals surface area contributed by atoms with Gasteiger partial charge in [-0.3, -0.25) is 4.79 Å². The first-order valence-corrected chi connectivity index (χ1v) is 12.6. The average Bonchev–Trinajstić information content (AvgIpc) is 3.63. The number of ether oxygens (including phenoxy) is 3. The fourth-order valence-electron chi connectivity index (χ4n) is 2.19. The zero-order chi connectivity index (χ0) is 29.2. The summed E-state index contributed by atoms with van der Waals surface area (Å²) in [6.07, 6.45) is 3.31. The maximum absolute atomic E-state index is 11.6. The van der Waals surface area contributed by atoms with Crippen LogP contribution in [0.15, 0.2) is 0 Å². The highest BCUT2D eigenvalue weighted by molar-refractivity contribution is 5.81. The maximum atomic E-state index is 11.6. The molecule has 4 N–H and O–H groups in total. The molecule has 2 aliphatic carbocycles. The fourth-order valence-corrected chi connectivity index (χ4v) is 2.19. The van der Waals surface area contributed by atoms with Gasteiger partial charge in [0, 0.05) is 12.0 Å². The van der Waals surface area contributed by atoms with Crippen LogP contribution in [0.5, 0.6) is 0 Å². The van der Waals surface area contributed by atoms with Crippen LogP contribution in [-0.2, 0) is 23.8 Å². The first kappa shape index (κ1) is 34.4. The molecule has 37 heavy (non-hydrogen) atoms. The summed E-state index contributed by atoms with van der Waals surface area (Å²) in [5.74, 6) is -1.51. The van der Waals surface area contributed by atoms with E-state index in [4.69, 9.17) is 24.4 Å². The van der Waals surface area contributed by atoms with Gasteiger partial charge in [0.25, 0.3) is 0 Å². The van der Waals surface area contributed by atoms with Crippen LogP contribution in [0, 0.1) is 10.8 Å². The van der Waals surface area contributed by atoms with Crippen LogP contribution in [0.25, 0.3) is 0 Å². The Morgan fingerprint density at radius 2 is 1.16 bits per heavy atom. The lowest BCUT2D eigenvalue weighted by Crippen LogP contribution is -2.42. The van der Waals surface area contributed by atoms with E-state index in [9.17, 15) is 19.2 Å². The maximum Gasteiger partial charge on any atom is 0.408 e. The number of carbonyl (C=O) groups is 4. The predicted octanol–water partition coefficient (Wildman–Crippen LogP) is 4.01. The van der Waals surface area contributed by atoms with Crippen molar-refractivity contribution in [2.45, 2.75) is 118 Å². The first-order chi connectivity index (χ1) is 16.6. The molecule has 0 bridgehead atoms. The Labute approximate surface area is 221 Å². The van der Waals surface area contributed by atoms with E-state index in [2.05, 4.69) is 24.5 Å². The zero-order valence-corrected chi connectivity index (χ0v) is 24.1. The second kappa shape index (κ2) is 13.8. The third kappa shape index (κ3) is 18.4. The number of aliphatic hydroxyl groups excluding tert-OH is 1. The number of amides is 2. The number of esters is 1. The highest BCUT2D eigenvalue weighted by atomic mass is 16.6. The molecule has 0 radical (unpaired) electrons. The molecule has 0 aromatic rings. The van der Waals surface area contributed by atoms with Gasteiger partial charge >= 0.3 is 24.1 Å². The molecule has 0 aromatic heterocycles. The summed E-state index contributed by atoms with van der Waals surface area (Å²) in [5.41, 5.74) is -0.682. The van der Waals surface area contributed by atoms with E-state index in [1.54, 1.807) is 48.5 Å². The van der Waals surface area contributed by atoms with Gasteiger partial charge in [0.15, 0.2) is 0 Å². The minimum Gasteiger partial charge on any atom is -0.480 e. The quantitative estimate of drug-likeness (QED) is 0.280. The van der Waals surface area contributed by atoms with Crippen LogP contribution in [0.4, 0.5) is 9.59 Å². The van der Waals surface area contributed by atoms with Crippen molar-refractivity contribution in [2.75, 3.05) is 13.2 Å². The first-order valence-electron chi connectivity index (χ1n) is 12.6. The molecular weight excluding hydrogens is 484 g/mol. The Bertz CT molecular complexity index is 776. The molecule has 2 amide bonds. The standard InChI is InChI=1S/C13H23NO4.C8H15NO4.C5H10O/c1-9(14-11(16)18-12(2,3)4)10(15)17-8-13(5)6-7-13;1-5(6(10)11)9-7(12)13-8(2,3)4;1-5(4-6)2-3-5/h9H,6-8H2,1-5H3,(H,14,16);5H,1-4H3,(H,9,12)(H,10,11);6H,2-4H2,1H3/t9-;5-;/m00./s1. The molecule has 2 atom stereocenters. The highest BCUT2D eigenvalue weighted by Gasteiger charge is 2.39. The predicted molar refractivity (Wildman–Crippen MR) is 138 cm³/mol. The summed E-state index contributed by atoms with van der Waals surface area (Å²) in [5, 5.41) is 21.6. The molecule has 0 heterocycles. The van der Waals surface area contributed by atoms with Crippen molar-refractivity contribution in [1.29, 1.82) is 0 Å². The monoisotopic (exact) mass is 532 g/mol. The topological polar surface area (TPSA) is 160 Å². The molecule has 0 unspecified atom stereocenters. The Kier molecular flexibility index (Phi) is 12.9. The Morgan fingerprint density at radius 3 is 1.43 bits per heavy atom. The molecular formula is C26H48N2O9. The molecule has 2 fully saturated rings. The van der Waals surface area contributed by atoms with Gasteiger partial charge in [-0.25, -0.2) is 14.4 Å². The number of carbonyl (C=O) groups excluding carboxylic acids is 3. The molecule has 11 nitrogen and oxygen atoms in total. The number of hydrogen-bond acceptors (Lipinski definition) is 8. The number of carboxylic acid groups (broad SMARTS) is 1. The van der Waals surface area contributed by atoms with Crippen molar-refractivity contribution in [3.63, 3.8) is 0 Å². The van der Waals surface area contributed by atoms with Gasteiger partial charge in [0.05, 0.1) is 6.61 Å². The normalized spacial score (nSPS) is 18.1. The van der Waals surface area contributed by atoms with Crippen LogP contribution in [0.1, 0.15) is 94.9 Å². The minimum absolute atomic E-state index is 0.154. The molecule has 0 aliphatic heterocycles. The van der Waals surface area contributed by atoms with Crippen molar-refractivity contribution in [1.82, 2.24) is 10.6 Å². The van der Waals surface area contributed by atoms with E-state index >= 15 is 0 Å². The van der Waals surface area contributed by atoms with Crippen LogP contribution in [0.2, 0.25) is 0 Å².